The van der Waals surface area contributed by atoms with Gasteiger partial charge in [0, 0.05) is 36.7 Å². The molecule has 0 N–H and O–H groups in total. The number of methoxy groups -OCH3 is 1. The van der Waals surface area contributed by atoms with Crippen molar-refractivity contribution in [1.29, 1.82) is 0 Å². The number of hydrogen-bond donors (Lipinski definition) is 0. The van der Waals surface area contributed by atoms with Crippen molar-refractivity contribution in [3.8, 4) is 5.75 Å². The van der Waals surface area contributed by atoms with Gasteiger partial charge in [-0.1, -0.05) is 40.9 Å². The number of benzene rings is 2. The maximum atomic E-state index is 13.3. The van der Waals surface area contributed by atoms with Gasteiger partial charge in [0.2, 0.25) is 10.0 Å². The molecule has 6 nitrogen and oxygen atoms in total. The summed E-state index contributed by atoms with van der Waals surface area (Å²) >= 11 is 3.40. The van der Waals surface area contributed by atoms with E-state index in [0.717, 1.165) is 35.7 Å². The zero-order valence-corrected chi connectivity index (χ0v) is 19.7. The molecule has 30 heavy (non-hydrogen) atoms. The number of halogens is 1. The second-order valence-electron chi connectivity index (χ2n) is 7.47. The van der Waals surface area contributed by atoms with E-state index in [1.807, 2.05) is 24.3 Å². The maximum absolute atomic E-state index is 13.3. The Balaban J connectivity index is 1.87. The predicted octanol–water partition coefficient (Wildman–Crippen LogP) is 4.29. The van der Waals surface area contributed by atoms with Crippen molar-refractivity contribution in [1.82, 2.24) is 9.21 Å². The first kappa shape index (κ1) is 22.8. The van der Waals surface area contributed by atoms with Gasteiger partial charge in [0.25, 0.3) is 5.91 Å². The second kappa shape index (κ2) is 9.94. The summed E-state index contributed by atoms with van der Waals surface area (Å²) in [7, 11) is -0.593. The molecule has 1 aliphatic rings. The molecule has 0 unspecified atom stereocenters. The monoisotopic (exact) mass is 494 g/mol. The van der Waals surface area contributed by atoms with Crippen LogP contribution in [0.15, 0.2) is 51.8 Å². The van der Waals surface area contributed by atoms with Crippen molar-refractivity contribution in [2.45, 2.75) is 37.1 Å². The minimum absolute atomic E-state index is 0.0507. The molecular formula is C22H27BrN2O4S. The largest absolute Gasteiger partial charge is 0.495 e. The van der Waals surface area contributed by atoms with Crippen LogP contribution in [0.25, 0.3) is 0 Å². The topological polar surface area (TPSA) is 66.9 Å². The molecule has 1 amide bonds. The quantitative estimate of drug-likeness (QED) is 0.600. The number of hydrogen-bond acceptors (Lipinski definition) is 4. The molecule has 2 aromatic carbocycles. The lowest BCUT2D eigenvalue weighted by Crippen LogP contribution is -2.32. The molecule has 0 atom stereocenters. The minimum atomic E-state index is -3.74. The number of carbonyl (C=O) groups excluding carboxylic acids is 1. The Bertz CT molecular complexity index is 985. The van der Waals surface area contributed by atoms with Gasteiger partial charge in [-0.2, -0.15) is 4.31 Å². The van der Waals surface area contributed by atoms with Gasteiger partial charge in [-0.15, -0.1) is 0 Å². The first-order valence-electron chi connectivity index (χ1n) is 10.0. The predicted molar refractivity (Wildman–Crippen MR) is 120 cm³/mol. The van der Waals surface area contributed by atoms with E-state index in [1.54, 1.807) is 24.1 Å². The van der Waals surface area contributed by atoms with Crippen LogP contribution in [-0.4, -0.2) is 50.8 Å². The molecule has 0 aliphatic carbocycles. The van der Waals surface area contributed by atoms with Crippen molar-refractivity contribution in [2.24, 2.45) is 0 Å². The highest BCUT2D eigenvalue weighted by atomic mass is 79.9. The van der Waals surface area contributed by atoms with E-state index in [2.05, 4.69) is 15.9 Å². The number of carbonyl (C=O) groups is 1. The molecule has 0 spiro atoms. The summed E-state index contributed by atoms with van der Waals surface area (Å²) in [5.41, 5.74) is 1.31. The summed E-state index contributed by atoms with van der Waals surface area (Å²) in [6.45, 7) is 1.41. The van der Waals surface area contributed by atoms with Crippen LogP contribution in [0.2, 0.25) is 0 Å². The number of nitrogens with zero attached hydrogens (tertiary/aromatic N) is 2. The third kappa shape index (κ3) is 5.22. The molecule has 0 radical (unpaired) electrons. The Kier molecular flexibility index (Phi) is 7.55. The summed E-state index contributed by atoms with van der Waals surface area (Å²) in [4.78, 5) is 14.6. The molecule has 0 bridgehead atoms. The Morgan fingerprint density at radius 2 is 1.70 bits per heavy atom. The summed E-state index contributed by atoms with van der Waals surface area (Å²) in [5, 5.41) is 0. The number of ether oxygens (including phenoxy) is 1. The first-order chi connectivity index (χ1) is 14.3. The van der Waals surface area contributed by atoms with Crippen LogP contribution in [0.1, 0.15) is 41.6 Å². The molecule has 8 heteroatoms. The van der Waals surface area contributed by atoms with Crippen molar-refractivity contribution in [3.63, 3.8) is 0 Å². The SMILES string of the molecule is COc1ccc(C(=O)N(C)Cc2ccc(Br)cc2)cc1S(=O)(=O)N1CCCCCC1. The lowest BCUT2D eigenvalue weighted by atomic mass is 10.1. The van der Waals surface area contributed by atoms with Gasteiger partial charge < -0.3 is 9.64 Å². The standard InChI is InChI=1S/C22H27BrN2O4S/c1-24(16-17-7-10-19(23)11-8-17)22(26)18-9-12-20(29-2)21(15-18)30(27,28)25-13-5-3-4-6-14-25/h7-12,15H,3-6,13-14,16H2,1-2H3. The van der Waals surface area contributed by atoms with Gasteiger partial charge in [-0.25, -0.2) is 8.42 Å². The zero-order chi connectivity index (χ0) is 21.7. The van der Waals surface area contributed by atoms with Crippen LogP contribution >= 0.6 is 15.9 Å². The molecule has 1 aliphatic heterocycles. The second-order valence-corrected chi connectivity index (χ2v) is 10.3. The molecule has 162 valence electrons. The molecule has 1 heterocycles. The van der Waals surface area contributed by atoms with Crippen molar-refractivity contribution in [2.75, 3.05) is 27.2 Å². The molecular weight excluding hydrogens is 468 g/mol. The average molecular weight is 495 g/mol. The molecule has 0 aromatic heterocycles. The van der Waals surface area contributed by atoms with E-state index in [4.69, 9.17) is 4.74 Å². The number of rotatable bonds is 6. The highest BCUT2D eigenvalue weighted by Crippen LogP contribution is 2.30. The normalized spacial score (nSPS) is 15.4. The number of amides is 1. The highest BCUT2D eigenvalue weighted by molar-refractivity contribution is 9.10. The van der Waals surface area contributed by atoms with Crippen LogP contribution in [-0.2, 0) is 16.6 Å². The average Bonchev–Trinajstić information content (AvgIpc) is 3.04. The minimum Gasteiger partial charge on any atom is -0.495 e. The number of sulfonamides is 1. The molecule has 1 fully saturated rings. The molecule has 1 saturated heterocycles. The molecule has 0 saturated carbocycles. The Labute approximate surface area is 187 Å². The maximum Gasteiger partial charge on any atom is 0.253 e. The van der Waals surface area contributed by atoms with Gasteiger partial charge in [0.1, 0.15) is 10.6 Å². The van der Waals surface area contributed by atoms with Crippen molar-refractivity contribution < 1.29 is 17.9 Å². The Hall–Kier alpha value is -1.90. The lowest BCUT2D eigenvalue weighted by molar-refractivity contribution is 0.0785. The van der Waals surface area contributed by atoms with E-state index in [0.29, 0.717) is 25.2 Å². The van der Waals surface area contributed by atoms with Crippen LogP contribution < -0.4 is 4.74 Å². The van der Waals surface area contributed by atoms with E-state index < -0.39 is 10.0 Å². The summed E-state index contributed by atoms with van der Waals surface area (Å²) in [6, 6.07) is 12.3. The highest BCUT2D eigenvalue weighted by Gasteiger charge is 2.29. The van der Waals surface area contributed by atoms with E-state index >= 15 is 0 Å². The van der Waals surface area contributed by atoms with E-state index in [-0.39, 0.29) is 16.6 Å². The summed E-state index contributed by atoms with van der Waals surface area (Å²) in [5.74, 6) is 0.0132. The molecule has 3 rings (SSSR count). The summed E-state index contributed by atoms with van der Waals surface area (Å²) < 4.78 is 34.4. The van der Waals surface area contributed by atoms with Crippen LogP contribution in [0.3, 0.4) is 0 Å². The van der Waals surface area contributed by atoms with E-state index in [9.17, 15) is 13.2 Å². The fourth-order valence-electron chi connectivity index (χ4n) is 3.59. The van der Waals surface area contributed by atoms with Crippen molar-refractivity contribution in [3.05, 3.63) is 58.1 Å². The van der Waals surface area contributed by atoms with Crippen LogP contribution in [0, 0.1) is 0 Å². The summed E-state index contributed by atoms with van der Waals surface area (Å²) in [6.07, 6.45) is 3.75. The Morgan fingerprint density at radius 3 is 2.30 bits per heavy atom. The van der Waals surface area contributed by atoms with Gasteiger partial charge in [0.05, 0.1) is 7.11 Å². The van der Waals surface area contributed by atoms with Crippen molar-refractivity contribution >= 4 is 31.9 Å². The first-order valence-corrected chi connectivity index (χ1v) is 12.2. The van der Waals surface area contributed by atoms with Gasteiger partial charge >= 0.3 is 0 Å². The smallest absolute Gasteiger partial charge is 0.253 e. The fourth-order valence-corrected chi connectivity index (χ4v) is 5.55. The zero-order valence-electron chi connectivity index (χ0n) is 17.3. The van der Waals surface area contributed by atoms with Crippen LogP contribution in [0.4, 0.5) is 0 Å². The fraction of sp³-hybridized carbons (Fsp3) is 0.409. The van der Waals surface area contributed by atoms with E-state index in [1.165, 1.54) is 17.5 Å². The molecule has 2 aromatic rings. The van der Waals surface area contributed by atoms with Gasteiger partial charge in [-0.05, 0) is 48.7 Å². The van der Waals surface area contributed by atoms with Crippen LogP contribution in [0.5, 0.6) is 5.75 Å². The third-order valence-corrected chi connectivity index (χ3v) is 7.72. The van der Waals surface area contributed by atoms with Gasteiger partial charge in [-0.3, -0.25) is 4.79 Å². The Morgan fingerprint density at radius 1 is 1.07 bits per heavy atom. The van der Waals surface area contributed by atoms with Gasteiger partial charge in [0.15, 0.2) is 0 Å². The third-order valence-electron chi connectivity index (χ3n) is 5.27. The lowest BCUT2D eigenvalue weighted by Gasteiger charge is -2.22.